The minimum Gasteiger partial charge on any atom is -0.356 e. The molecule has 0 atom stereocenters. The molecular weight excluding hydrogens is 262 g/mol. The molecule has 1 amide bonds. The summed E-state index contributed by atoms with van der Waals surface area (Å²) in [6, 6.07) is 2.04. The Morgan fingerprint density at radius 2 is 1.95 bits per heavy atom. The van der Waals surface area contributed by atoms with Crippen molar-refractivity contribution in [1.82, 2.24) is 15.1 Å². The fourth-order valence-corrected chi connectivity index (χ4v) is 2.46. The number of amides is 1. The molecule has 1 heterocycles. The van der Waals surface area contributed by atoms with E-state index in [0.717, 1.165) is 30.3 Å². The lowest BCUT2D eigenvalue weighted by Crippen LogP contribution is -2.25. The Morgan fingerprint density at radius 3 is 2.57 bits per heavy atom. The number of nitrogens with zero attached hydrogens (tertiary/aromatic N) is 2. The Bertz CT molecular complexity index is 424. The fraction of sp³-hybridized carbons (Fsp3) is 0.765. The average Bonchev–Trinajstić information content (AvgIpc) is 2.73. The van der Waals surface area contributed by atoms with Crippen LogP contribution in [0.15, 0.2) is 6.07 Å². The van der Waals surface area contributed by atoms with E-state index in [2.05, 4.69) is 24.3 Å². The van der Waals surface area contributed by atoms with E-state index in [1.165, 1.54) is 25.7 Å². The molecule has 120 valence electrons. The van der Waals surface area contributed by atoms with Crippen LogP contribution in [-0.2, 0) is 11.3 Å². The van der Waals surface area contributed by atoms with Gasteiger partial charge in [-0.1, -0.05) is 39.5 Å². The third-order valence-electron chi connectivity index (χ3n) is 3.68. The summed E-state index contributed by atoms with van der Waals surface area (Å²) in [5.41, 5.74) is 2.12. The number of unbranched alkanes of at least 4 members (excludes halogenated alkanes) is 3. The van der Waals surface area contributed by atoms with Gasteiger partial charge in [0.15, 0.2) is 0 Å². The quantitative estimate of drug-likeness (QED) is 0.670. The number of aromatic nitrogens is 2. The van der Waals surface area contributed by atoms with E-state index < -0.39 is 0 Å². The molecule has 0 aliphatic heterocycles. The SMILES string of the molecule is Cc1cc(C)n(CCC(=O)NCCCCCCC(C)C)n1. The smallest absolute Gasteiger partial charge is 0.221 e. The highest BCUT2D eigenvalue weighted by atomic mass is 16.1. The lowest BCUT2D eigenvalue weighted by Gasteiger charge is -2.07. The maximum Gasteiger partial charge on any atom is 0.221 e. The van der Waals surface area contributed by atoms with E-state index in [1.54, 1.807) is 0 Å². The molecule has 1 rings (SSSR count). The first-order valence-corrected chi connectivity index (χ1v) is 8.26. The summed E-state index contributed by atoms with van der Waals surface area (Å²) in [4.78, 5) is 11.8. The molecule has 4 heteroatoms. The van der Waals surface area contributed by atoms with Crippen molar-refractivity contribution in [3.05, 3.63) is 17.5 Å². The van der Waals surface area contributed by atoms with Crippen LogP contribution in [0.4, 0.5) is 0 Å². The van der Waals surface area contributed by atoms with Gasteiger partial charge in [-0.15, -0.1) is 0 Å². The predicted octanol–water partition coefficient (Wildman–Crippen LogP) is 3.61. The molecule has 1 aromatic rings. The second kappa shape index (κ2) is 9.59. The monoisotopic (exact) mass is 293 g/mol. The third-order valence-corrected chi connectivity index (χ3v) is 3.68. The van der Waals surface area contributed by atoms with Crippen LogP contribution in [0, 0.1) is 19.8 Å². The summed E-state index contributed by atoms with van der Waals surface area (Å²) in [7, 11) is 0. The molecular formula is C17H31N3O. The summed E-state index contributed by atoms with van der Waals surface area (Å²) in [6.45, 7) is 10.0. The molecule has 0 radical (unpaired) electrons. The first kappa shape index (κ1) is 17.7. The molecule has 1 N–H and O–H groups in total. The molecule has 0 saturated heterocycles. The standard InChI is InChI=1S/C17H31N3O/c1-14(2)9-7-5-6-8-11-18-17(21)10-12-20-16(4)13-15(3)19-20/h13-14H,5-12H2,1-4H3,(H,18,21). The van der Waals surface area contributed by atoms with E-state index in [4.69, 9.17) is 0 Å². The molecule has 0 aliphatic carbocycles. The van der Waals surface area contributed by atoms with Crippen LogP contribution in [0.3, 0.4) is 0 Å². The summed E-state index contributed by atoms with van der Waals surface area (Å²) in [5.74, 6) is 0.934. The van der Waals surface area contributed by atoms with Crippen molar-refractivity contribution in [3.8, 4) is 0 Å². The summed E-state index contributed by atoms with van der Waals surface area (Å²) in [5, 5.41) is 7.36. The minimum atomic E-state index is 0.129. The average molecular weight is 293 g/mol. The Labute approximate surface area is 129 Å². The summed E-state index contributed by atoms with van der Waals surface area (Å²) < 4.78 is 1.90. The predicted molar refractivity (Wildman–Crippen MR) is 87.3 cm³/mol. The van der Waals surface area contributed by atoms with Crippen LogP contribution in [0.2, 0.25) is 0 Å². The van der Waals surface area contributed by atoms with E-state index in [9.17, 15) is 4.79 Å². The van der Waals surface area contributed by atoms with Crippen LogP contribution in [-0.4, -0.2) is 22.2 Å². The number of aryl methyl sites for hydroxylation is 3. The molecule has 1 aromatic heterocycles. The number of carbonyl (C=O) groups excluding carboxylic acids is 1. The zero-order chi connectivity index (χ0) is 15.7. The maximum atomic E-state index is 11.8. The van der Waals surface area contributed by atoms with Gasteiger partial charge in [0.2, 0.25) is 5.91 Å². The van der Waals surface area contributed by atoms with E-state index >= 15 is 0 Å². The third kappa shape index (κ3) is 7.88. The summed E-state index contributed by atoms with van der Waals surface area (Å²) in [6.07, 6.45) is 6.71. The van der Waals surface area contributed by atoms with Crippen LogP contribution >= 0.6 is 0 Å². The van der Waals surface area contributed by atoms with Crippen molar-refractivity contribution < 1.29 is 4.79 Å². The normalized spacial score (nSPS) is 11.1. The minimum absolute atomic E-state index is 0.129. The molecule has 0 unspecified atom stereocenters. The molecule has 0 fully saturated rings. The topological polar surface area (TPSA) is 46.9 Å². The van der Waals surface area contributed by atoms with E-state index in [1.807, 2.05) is 24.6 Å². The Kier molecular flexibility index (Phi) is 8.09. The first-order valence-electron chi connectivity index (χ1n) is 8.26. The number of carbonyl (C=O) groups is 1. The molecule has 0 bridgehead atoms. The van der Waals surface area contributed by atoms with Gasteiger partial charge < -0.3 is 5.32 Å². The number of rotatable bonds is 10. The lowest BCUT2D eigenvalue weighted by molar-refractivity contribution is -0.121. The van der Waals surface area contributed by atoms with Crippen molar-refractivity contribution >= 4 is 5.91 Å². The second-order valence-corrected chi connectivity index (χ2v) is 6.35. The molecule has 0 aromatic carbocycles. The van der Waals surface area contributed by atoms with E-state index in [-0.39, 0.29) is 5.91 Å². The highest BCUT2D eigenvalue weighted by molar-refractivity contribution is 5.75. The second-order valence-electron chi connectivity index (χ2n) is 6.35. The van der Waals surface area contributed by atoms with Gasteiger partial charge >= 0.3 is 0 Å². The highest BCUT2D eigenvalue weighted by Gasteiger charge is 2.04. The number of hydrogen-bond acceptors (Lipinski definition) is 2. The zero-order valence-corrected chi connectivity index (χ0v) is 14.1. The van der Waals surface area contributed by atoms with Crippen LogP contribution in [0.1, 0.15) is 63.8 Å². The number of nitrogens with one attached hydrogen (secondary N) is 1. The van der Waals surface area contributed by atoms with Gasteiger partial charge in [-0.05, 0) is 32.3 Å². The van der Waals surface area contributed by atoms with Crippen LogP contribution < -0.4 is 5.32 Å². The van der Waals surface area contributed by atoms with Gasteiger partial charge in [0.1, 0.15) is 0 Å². The molecule has 21 heavy (non-hydrogen) atoms. The fourth-order valence-electron chi connectivity index (χ4n) is 2.46. The Balaban J connectivity index is 2.03. The van der Waals surface area contributed by atoms with Crippen molar-refractivity contribution in [2.24, 2.45) is 5.92 Å². The van der Waals surface area contributed by atoms with Gasteiger partial charge in [0, 0.05) is 25.2 Å². The Morgan fingerprint density at radius 1 is 1.24 bits per heavy atom. The van der Waals surface area contributed by atoms with Gasteiger partial charge in [-0.3, -0.25) is 9.48 Å². The van der Waals surface area contributed by atoms with Crippen LogP contribution in [0.25, 0.3) is 0 Å². The first-order chi connectivity index (χ1) is 9.99. The van der Waals surface area contributed by atoms with Crippen LogP contribution in [0.5, 0.6) is 0 Å². The molecule has 4 nitrogen and oxygen atoms in total. The molecule has 0 aliphatic rings. The van der Waals surface area contributed by atoms with Gasteiger partial charge in [0.25, 0.3) is 0 Å². The Hall–Kier alpha value is -1.32. The van der Waals surface area contributed by atoms with Crippen molar-refractivity contribution in [2.45, 2.75) is 72.8 Å². The largest absolute Gasteiger partial charge is 0.356 e. The van der Waals surface area contributed by atoms with Gasteiger partial charge in [0.05, 0.1) is 5.69 Å². The maximum absolute atomic E-state index is 11.8. The van der Waals surface area contributed by atoms with Gasteiger partial charge in [-0.25, -0.2) is 0 Å². The lowest BCUT2D eigenvalue weighted by atomic mass is 10.0. The van der Waals surface area contributed by atoms with E-state index in [0.29, 0.717) is 13.0 Å². The van der Waals surface area contributed by atoms with Gasteiger partial charge in [-0.2, -0.15) is 5.10 Å². The summed E-state index contributed by atoms with van der Waals surface area (Å²) >= 11 is 0. The number of hydrogen-bond donors (Lipinski definition) is 1. The molecule has 0 saturated carbocycles. The molecule has 0 spiro atoms. The van der Waals surface area contributed by atoms with Crippen molar-refractivity contribution in [2.75, 3.05) is 6.54 Å². The van der Waals surface area contributed by atoms with Crippen molar-refractivity contribution in [3.63, 3.8) is 0 Å². The highest BCUT2D eigenvalue weighted by Crippen LogP contribution is 2.09. The van der Waals surface area contributed by atoms with Crippen molar-refractivity contribution in [1.29, 1.82) is 0 Å². The zero-order valence-electron chi connectivity index (χ0n) is 14.1.